The SMILES string of the molecule is Cc1cc(C)n(CCCN=Cc2cc(Cl)cc(Cl)c2O)n1. The van der Waals surface area contributed by atoms with E-state index in [9.17, 15) is 5.11 Å². The number of phenolic OH excluding ortho intramolecular Hbond substituents is 1. The zero-order valence-corrected chi connectivity index (χ0v) is 13.5. The largest absolute Gasteiger partial charge is 0.506 e. The highest BCUT2D eigenvalue weighted by atomic mass is 35.5. The molecule has 0 aliphatic carbocycles. The van der Waals surface area contributed by atoms with Crippen molar-refractivity contribution >= 4 is 29.4 Å². The number of benzene rings is 1. The molecule has 4 nitrogen and oxygen atoms in total. The lowest BCUT2D eigenvalue weighted by Crippen LogP contribution is -2.03. The highest BCUT2D eigenvalue weighted by molar-refractivity contribution is 6.36. The predicted octanol–water partition coefficient (Wildman–Crippen LogP) is 4.02. The van der Waals surface area contributed by atoms with Crippen LogP contribution in [0.1, 0.15) is 23.4 Å². The van der Waals surface area contributed by atoms with Crippen molar-refractivity contribution in [3.05, 3.63) is 45.2 Å². The summed E-state index contributed by atoms with van der Waals surface area (Å²) in [7, 11) is 0. The average Bonchev–Trinajstić information content (AvgIpc) is 2.73. The van der Waals surface area contributed by atoms with Crippen LogP contribution in [0.3, 0.4) is 0 Å². The number of aromatic nitrogens is 2. The fourth-order valence-electron chi connectivity index (χ4n) is 2.06. The van der Waals surface area contributed by atoms with Crippen LogP contribution in [0.5, 0.6) is 5.75 Å². The Labute approximate surface area is 134 Å². The molecule has 21 heavy (non-hydrogen) atoms. The highest BCUT2D eigenvalue weighted by Crippen LogP contribution is 2.29. The van der Waals surface area contributed by atoms with Gasteiger partial charge in [-0.3, -0.25) is 9.67 Å². The number of rotatable bonds is 5. The molecule has 6 heteroatoms. The van der Waals surface area contributed by atoms with Crippen LogP contribution in [-0.2, 0) is 6.54 Å². The second-order valence-corrected chi connectivity index (χ2v) is 5.71. The van der Waals surface area contributed by atoms with Gasteiger partial charge < -0.3 is 5.11 Å². The Balaban J connectivity index is 1.90. The molecule has 112 valence electrons. The van der Waals surface area contributed by atoms with E-state index in [2.05, 4.69) is 16.2 Å². The molecule has 0 atom stereocenters. The Kier molecular flexibility index (Phi) is 5.26. The van der Waals surface area contributed by atoms with Crippen LogP contribution < -0.4 is 0 Å². The molecule has 1 aromatic heterocycles. The molecule has 0 aliphatic rings. The van der Waals surface area contributed by atoms with Gasteiger partial charge in [0.1, 0.15) is 5.75 Å². The smallest absolute Gasteiger partial charge is 0.143 e. The molecule has 0 saturated heterocycles. The molecule has 1 aromatic carbocycles. The molecular weight excluding hydrogens is 309 g/mol. The third-order valence-corrected chi connectivity index (χ3v) is 3.55. The van der Waals surface area contributed by atoms with Crippen molar-refractivity contribution < 1.29 is 5.11 Å². The maximum atomic E-state index is 9.80. The van der Waals surface area contributed by atoms with E-state index < -0.39 is 0 Å². The van der Waals surface area contributed by atoms with Crippen LogP contribution in [0.25, 0.3) is 0 Å². The Morgan fingerprint density at radius 1 is 1.29 bits per heavy atom. The van der Waals surface area contributed by atoms with Gasteiger partial charge in [0, 0.05) is 35.6 Å². The van der Waals surface area contributed by atoms with Gasteiger partial charge in [0.05, 0.1) is 10.7 Å². The molecule has 0 saturated carbocycles. The topological polar surface area (TPSA) is 50.4 Å². The number of aryl methyl sites for hydroxylation is 3. The zero-order valence-electron chi connectivity index (χ0n) is 12.0. The van der Waals surface area contributed by atoms with Crippen LogP contribution in [0.2, 0.25) is 10.0 Å². The molecule has 1 N–H and O–H groups in total. The minimum Gasteiger partial charge on any atom is -0.506 e. The number of hydrogen-bond donors (Lipinski definition) is 1. The van der Waals surface area contributed by atoms with Gasteiger partial charge in [-0.2, -0.15) is 5.10 Å². The second-order valence-electron chi connectivity index (χ2n) is 4.86. The first-order valence-corrected chi connectivity index (χ1v) is 7.42. The summed E-state index contributed by atoms with van der Waals surface area (Å²) >= 11 is 11.7. The molecule has 2 aromatic rings. The van der Waals surface area contributed by atoms with Gasteiger partial charge in [-0.05, 0) is 38.5 Å². The first-order valence-electron chi connectivity index (χ1n) is 6.66. The number of aliphatic imine (C=N–C) groups is 1. The van der Waals surface area contributed by atoms with E-state index in [1.54, 1.807) is 12.3 Å². The van der Waals surface area contributed by atoms with Gasteiger partial charge in [-0.1, -0.05) is 23.2 Å². The van der Waals surface area contributed by atoms with Gasteiger partial charge in [0.25, 0.3) is 0 Å². The monoisotopic (exact) mass is 325 g/mol. The third-order valence-electron chi connectivity index (χ3n) is 3.05. The van der Waals surface area contributed by atoms with Crippen molar-refractivity contribution in [3.63, 3.8) is 0 Å². The van der Waals surface area contributed by atoms with E-state index >= 15 is 0 Å². The molecule has 0 radical (unpaired) electrons. The van der Waals surface area contributed by atoms with Gasteiger partial charge in [0.15, 0.2) is 0 Å². The Hall–Kier alpha value is -1.52. The molecule has 0 amide bonds. The first-order chi connectivity index (χ1) is 9.97. The van der Waals surface area contributed by atoms with Gasteiger partial charge in [-0.25, -0.2) is 0 Å². The van der Waals surface area contributed by atoms with Crippen molar-refractivity contribution in [2.75, 3.05) is 6.54 Å². The summed E-state index contributed by atoms with van der Waals surface area (Å²) in [6, 6.07) is 5.18. The van der Waals surface area contributed by atoms with E-state index in [0.29, 0.717) is 17.1 Å². The van der Waals surface area contributed by atoms with Crippen molar-refractivity contribution in [1.29, 1.82) is 0 Å². The summed E-state index contributed by atoms with van der Waals surface area (Å²) in [5.74, 6) is 0.00311. The van der Waals surface area contributed by atoms with Crippen LogP contribution in [0, 0.1) is 13.8 Å². The van der Waals surface area contributed by atoms with Gasteiger partial charge in [0.2, 0.25) is 0 Å². The summed E-state index contributed by atoms with van der Waals surface area (Å²) in [5, 5.41) is 14.9. The lowest BCUT2D eigenvalue weighted by Gasteiger charge is -2.03. The number of hydrogen-bond acceptors (Lipinski definition) is 3. The number of halogens is 2. The summed E-state index contributed by atoms with van der Waals surface area (Å²) in [5.41, 5.74) is 2.70. The first kappa shape index (κ1) is 15.9. The fourth-order valence-corrected chi connectivity index (χ4v) is 2.57. The van der Waals surface area contributed by atoms with Crippen LogP contribution in [0.15, 0.2) is 23.2 Å². The van der Waals surface area contributed by atoms with Gasteiger partial charge >= 0.3 is 0 Å². The Bertz CT molecular complexity index is 665. The minimum atomic E-state index is 0.00311. The van der Waals surface area contributed by atoms with Crippen molar-refractivity contribution in [2.45, 2.75) is 26.8 Å². The minimum absolute atomic E-state index is 0.00311. The Morgan fingerprint density at radius 2 is 2.05 bits per heavy atom. The number of nitrogens with zero attached hydrogens (tertiary/aromatic N) is 3. The standard InChI is InChI=1S/C15H17Cl2N3O/c1-10-6-11(2)20(19-10)5-3-4-18-9-12-7-13(16)8-14(17)15(12)21/h6-9,21H,3-5H2,1-2H3. The van der Waals surface area contributed by atoms with E-state index in [4.69, 9.17) is 23.2 Å². The molecule has 0 spiro atoms. The Morgan fingerprint density at radius 3 is 2.71 bits per heavy atom. The van der Waals surface area contributed by atoms with E-state index in [0.717, 1.165) is 24.4 Å². The van der Waals surface area contributed by atoms with Crippen molar-refractivity contribution in [3.8, 4) is 5.75 Å². The molecule has 2 rings (SSSR count). The van der Waals surface area contributed by atoms with E-state index in [1.807, 2.05) is 18.5 Å². The van der Waals surface area contributed by atoms with Gasteiger partial charge in [-0.15, -0.1) is 0 Å². The van der Waals surface area contributed by atoms with Crippen LogP contribution in [-0.4, -0.2) is 27.6 Å². The molecule has 0 fully saturated rings. The summed E-state index contributed by atoms with van der Waals surface area (Å²) < 4.78 is 1.97. The maximum Gasteiger partial charge on any atom is 0.143 e. The zero-order chi connectivity index (χ0) is 15.4. The molecule has 0 aliphatic heterocycles. The number of aromatic hydroxyl groups is 1. The number of phenols is 1. The normalized spacial score (nSPS) is 11.4. The summed E-state index contributed by atoms with van der Waals surface area (Å²) in [6.07, 6.45) is 2.46. The second kappa shape index (κ2) is 6.96. The molecule has 1 heterocycles. The van der Waals surface area contributed by atoms with E-state index in [1.165, 1.54) is 6.07 Å². The molecule has 0 bridgehead atoms. The van der Waals surface area contributed by atoms with Crippen LogP contribution in [0.4, 0.5) is 0 Å². The van der Waals surface area contributed by atoms with Crippen molar-refractivity contribution in [1.82, 2.24) is 9.78 Å². The summed E-state index contributed by atoms with van der Waals surface area (Å²) in [6.45, 7) is 5.48. The molecule has 0 unspecified atom stereocenters. The van der Waals surface area contributed by atoms with E-state index in [-0.39, 0.29) is 10.8 Å². The van der Waals surface area contributed by atoms with Crippen LogP contribution >= 0.6 is 23.2 Å². The highest BCUT2D eigenvalue weighted by Gasteiger charge is 2.05. The quantitative estimate of drug-likeness (QED) is 0.666. The third kappa shape index (κ3) is 4.22. The lowest BCUT2D eigenvalue weighted by atomic mass is 10.2. The molecular formula is C15H17Cl2N3O. The maximum absolute atomic E-state index is 9.80. The predicted molar refractivity (Wildman–Crippen MR) is 86.9 cm³/mol. The summed E-state index contributed by atoms with van der Waals surface area (Å²) in [4.78, 5) is 4.29. The fraction of sp³-hybridized carbons (Fsp3) is 0.333. The van der Waals surface area contributed by atoms with Crippen molar-refractivity contribution in [2.24, 2.45) is 4.99 Å². The average molecular weight is 326 g/mol. The lowest BCUT2D eigenvalue weighted by molar-refractivity contribution is 0.474.